The van der Waals surface area contributed by atoms with Gasteiger partial charge in [-0.3, -0.25) is 28.3 Å². The molecule has 0 unspecified atom stereocenters. The van der Waals surface area contributed by atoms with Crippen molar-refractivity contribution in [3.8, 4) is 0 Å². The highest BCUT2D eigenvalue weighted by Crippen LogP contribution is 2.41. The van der Waals surface area contributed by atoms with Gasteiger partial charge < -0.3 is 40.9 Å². The van der Waals surface area contributed by atoms with Crippen molar-refractivity contribution < 1.29 is 45.1 Å². The second-order valence-corrected chi connectivity index (χ2v) is 28.8. The molecule has 2 aliphatic rings. The number of anilines is 10. The number of rotatable bonds is 29. The van der Waals surface area contributed by atoms with E-state index in [9.17, 15) is 45.1 Å². The molecule has 0 saturated carbocycles. The fourth-order valence-electron chi connectivity index (χ4n) is 11.0. The largest absolute Gasteiger partial charge is 0.372 e. The van der Waals surface area contributed by atoms with E-state index in [-0.39, 0.29) is 54.5 Å². The maximum atomic E-state index is 13.8. The van der Waals surface area contributed by atoms with E-state index in [0.29, 0.717) is 107 Å². The number of thioether (sulfide) groups is 1. The van der Waals surface area contributed by atoms with Gasteiger partial charge in [0.05, 0.1) is 42.1 Å². The van der Waals surface area contributed by atoms with Crippen molar-refractivity contribution in [2.45, 2.75) is 101 Å². The first kappa shape index (κ1) is 73.0. The van der Waals surface area contributed by atoms with Crippen LogP contribution in [0.25, 0.3) is 12.2 Å². The van der Waals surface area contributed by atoms with Crippen LogP contribution in [0.3, 0.4) is 0 Å². The third-order valence-electron chi connectivity index (χ3n) is 16.2. The highest BCUT2D eigenvalue weighted by molar-refractivity contribution is 7.98. The van der Waals surface area contributed by atoms with Gasteiger partial charge >= 0.3 is 0 Å². The fraction of sp³-hybridized carbons (Fsp3) is 0.309. The average molecular weight is 1450 g/mol. The molecule has 0 radical (unpaired) electrons. The van der Waals surface area contributed by atoms with Gasteiger partial charge in [0.1, 0.15) is 23.0 Å². The van der Waals surface area contributed by atoms with Gasteiger partial charge in [0.2, 0.25) is 22.2 Å². The number of thiazole rings is 2. The molecule has 6 N–H and O–H groups in total. The number of aromatic nitrogens is 5. The van der Waals surface area contributed by atoms with Gasteiger partial charge in [-0.25, -0.2) is 0 Å². The predicted molar refractivity (Wildman–Crippen MR) is 394 cm³/mol. The second kappa shape index (κ2) is 33.4. The summed E-state index contributed by atoms with van der Waals surface area (Å²) in [6, 6.07) is 31.1. The maximum Gasteiger partial charge on any atom is 0.294 e. The van der Waals surface area contributed by atoms with E-state index in [2.05, 4.69) is 68.6 Å². The number of carbonyl (C=O) groups excluding carboxylic acids is 4. The summed E-state index contributed by atoms with van der Waals surface area (Å²) in [5.74, 6) is -0.646. The van der Waals surface area contributed by atoms with Crippen LogP contribution in [0.5, 0.6) is 0 Å². The first-order valence-electron chi connectivity index (χ1n) is 32.4. The van der Waals surface area contributed by atoms with Gasteiger partial charge in [-0.2, -0.15) is 41.8 Å². The number of hydrogen-bond donors (Lipinski definition) is 6. The summed E-state index contributed by atoms with van der Waals surface area (Å²) < 4.78 is 65.7. The molecule has 0 bridgehead atoms. The highest BCUT2D eigenvalue weighted by atomic mass is 32.2. The van der Waals surface area contributed by atoms with E-state index in [1.807, 2.05) is 66.7 Å². The molecule has 0 atom stereocenters. The number of hydrogen-bond acceptors (Lipinski definition) is 26. The minimum absolute atomic E-state index is 0.157. The molecular formula is C68H75N17O10S5. The molecule has 8 aromatic rings. The van der Waals surface area contributed by atoms with Crippen molar-refractivity contribution in [2.75, 3.05) is 93.2 Å². The van der Waals surface area contributed by atoms with E-state index in [4.69, 9.17) is 45.4 Å². The minimum Gasteiger partial charge on any atom is -0.372 e. The summed E-state index contributed by atoms with van der Waals surface area (Å²) in [6.07, 6.45) is 8.62. The van der Waals surface area contributed by atoms with Crippen LogP contribution in [0, 0.1) is 0 Å². The van der Waals surface area contributed by atoms with E-state index < -0.39 is 43.6 Å². The Morgan fingerprint density at radius 2 is 0.930 bits per heavy atom. The van der Waals surface area contributed by atoms with Crippen LogP contribution < -0.4 is 40.9 Å². The molecule has 0 spiro atoms. The molecule has 2 fully saturated rings. The Bertz CT molecular complexity index is 4380. The van der Waals surface area contributed by atoms with E-state index in [0.717, 1.165) is 102 Å². The van der Waals surface area contributed by atoms with Gasteiger partial charge in [0, 0.05) is 80.9 Å². The predicted octanol–water partition coefficient (Wildman–Crippen LogP) is 14.8. The lowest BCUT2D eigenvalue weighted by Crippen LogP contribution is -2.30. The van der Waals surface area contributed by atoms with Gasteiger partial charge in [0.15, 0.2) is 16.7 Å². The average Bonchev–Trinajstić information content (AvgIpc) is 1.46. The number of Topliss-reactive ketones (excluding diaryl/α,β-unsaturated/α-hetero) is 2. The van der Waals surface area contributed by atoms with Crippen LogP contribution in [0.2, 0.25) is 0 Å². The summed E-state index contributed by atoms with van der Waals surface area (Å²) in [4.78, 5) is 87.7. The van der Waals surface area contributed by atoms with Gasteiger partial charge in [0.25, 0.3) is 32.1 Å². The zero-order valence-corrected chi connectivity index (χ0v) is 59.8. The van der Waals surface area contributed by atoms with Crippen LogP contribution in [-0.2, 0) is 45.2 Å². The smallest absolute Gasteiger partial charge is 0.294 e. The number of carbonyl (C=O) groups is 4. The number of amides is 2. The van der Waals surface area contributed by atoms with Gasteiger partial charge in [-0.1, -0.05) is 64.8 Å². The Balaban J connectivity index is 1.00. The Morgan fingerprint density at radius 1 is 0.530 bits per heavy atom. The van der Waals surface area contributed by atoms with Crippen molar-refractivity contribution in [1.29, 1.82) is 0 Å². The highest BCUT2D eigenvalue weighted by Gasteiger charge is 2.26. The SMILES string of the molecule is CCN(CC)c1ccc(N=Nc2nc(N3CCCCC3)c(/C=C(/C(C)=O)C(=O)Nc3ccc(S(=O)(=O)O)cc3)s2)c(Nc2nc(Nc3cc(N(CC)CC)ccc3N=Nc3nc(N4CCCCC4)c(/C=C(\C(C)=O)C(=O)Nc4ccc(S(=O)(=O)O)cc4)s3)nc(SCc3ccccc3)n2)c1. The van der Waals surface area contributed by atoms with Crippen molar-refractivity contribution in [3.05, 3.63) is 142 Å². The maximum absolute atomic E-state index is 13.8. The summed E-state index contributed by atoms with van der Waals surface area (Å²) in [5.41, 5.74) is 4.58. The lowest BCUT2D eigenvalue weighted by Gasteiger charge is -2.27. The molecular weight excluding hydrogens is 1380 g/mol. The van der Waals surface area contributed by atoms with E-state index in [1.165, 1.54) is 62.0 Å². The molecule has 3 aromatic heterocycles. The summed E-state index contributed by atoms with van der Waals surface area (Å²) in [7, 11) is -8.97. The lowest BCUT2D eigenvalue weighted by molar-refractivity contribution is -0.120. The summed E-state index contributed by atoms with van der Waals surface area (Å²) >= 11 is 3.69. The minimum atomic E-state index is -4.48. The molecule has 100 heavy (non-hydrogen) atoms. The lowest BCUT2D eigenvalue weighted by atomic mass is 10.1. The molecule has 2 amide bonds. The Morgan fingerprint density at radius 3 is 1.30 bits per heavy atom. The Hall–Kier alpha value is -9.70. The van der Waals surface area contributed by atoms with Crippen LogP contribution >= 0.6 is 34.4 Å². The van der Waals surface area contributed by atoms with Crippen LogP contribution in [-0.4, -0.2) is 127 Å². The van der Waals surface area contributed by atoms with Gasteiger partial charge in [-0.15, -0.1) is 20.5 Å². The molecule has 5 heterocycles. The van der Waals surface area contributed by atoms with E-state index in [1.54, 1.807) is 0 Å². The fourth-order valence-corrected chi connectivity index (χ4v) is 14.4. The molecule has 32 heteroatoms. The number of piperidine rings is 2. The number of nitrogens with one attached hydrogen (secondary N) is 4. The van der Waals surface area contributed by atoms with Gasteiger partial charge in [-0.05, 0) is 183 Å². The number of nitrogens with zero attached hydrogens (tertiary/aromatic N) is 13. The number of azo groups is 2. The van der Waals surface area contributed by atoms with Crippen LogP contribution in [0.4, 0.5) is 79.3 Å². The first-order valence-corrected chi connectivity index (χ1v) is 37.9. The zero-order valence-electron chi connectivity index (χ0n) is 55.7. The normalized spacial score (nSPS) is 14.0. The molecule has 5 aromatic carbocycles. The Labute approximate surface area is 592 Å². The number of ketones is 2. The molecule has 0 aliphatic carbocycles. The van der Waals surface area contributed by atoms with E-state index >= 15 is 0 Å². The monoisotopic (exact) mass is 1450 g/mol. The topological polar surface area (TPSA) is 352 Å². The second-order valence-electron chi connectivity index (χ2n) is 23.0. The van der Waals surface area contributed by atoms with Crippen molar-refractivity contribution in [1.82, 2.24) is 24.9 Å². The van der Waals surface area contributed by atoms with Crippen molar-refractivity contribution in [2.24, 2.45) is 20.5 Å². The molecule has 2 aliphatic heterocycles. The van der Waals surface area contributed by atoms with Crippen molar-refractivity contribution >= 4 is 169 Å². The van der Waals surface area contributed by atoms with Crippen molar-refractivity contribution in [3.63, 3.8) is 0 Å². The van der Waals surface area contributed by atoms with Crippen LogP contribution in [0.1, 0.15) is 95.4 Å². The molecule has 10 rings (SSSR count). The summed E-state index contributed by atoms with van der Waals surface area (Å²) in [6.45, 7) is 16.3. The molecule has 522 valence electrons. The van der Waals surface area contributed by atoms with Crippen LogP contribution in [0.15, 0.2) is 162 Å². The zero-order chi connectivity index (χ0) is 71.1. The quantitative estimate of drug-likeness (QED) is 0.00633. The number of benzene rings is 5. The first-order chi connectivity index (χ1) is 48.0. The Kier molecular flexibility index (Phi) is 24.4. The third kappa shape index (κ3) is 19.2. The summed E-state index contributed by atoms with van der Waals surface area (Å²) in [5, 5.41) is 32.1. The molecule has 27 nitrogen and oxygen atoms in total. The molecule has 2 saturated heterocycles. The standard InChI is InChI=1S/C68H75N17O10S5/c1-7-82(8-2)48-26-32-54(78-80-67-73-60(84-34-16-12-17-35-84)58(97-67)40-52(43(5)86)62(88)69-46-22-28-50(29-23-46)99(90,91)92)56(38-48)71-64-75-65(77-66(76-64)96-42-45-20-14-11-15-21-45)72-57-39-49(83(9-3)10-4)27-33-55(57)79-81-68-74-61(85-36-18-13-19-37-85)59(98-68)41-53(44(6)87)63(89)70-47-24-30-51(31-25-47)100(93,94)95/h11,14-15,20-33,38-41H,7-10,12-13,16-19,34-37,42H2,1-6H3,(H,69,88)(H,70,89)(H,90,91,92)(H,93,94,95)(H2,71,72,75,76,77)/b52-40-,53-41+,80-78?,81-79?. The third-order valence-corrected chi connectivity index (χ3v) is 20.6.